The summed E-state index contributed by atoms with van der Waals surface area (Å²) < 4.78 is 26.7. The molecule has 0 spiro atoms. The van der Waals surface area contributed by atoms with Crippen LogP contribution in [0.2, 0.25) is 0 Å². The molecule has 0 saturated heterocycles. The van der Waals surface area contributed by atoms with Crippen molar-refractivity contribution in [3.8, 4) is 0 Å². The zero-order valence-corrected chi connectivity index (χ0v) is 9.20. The Bertz CT molecular complexity index is 423. The van der Waals surface area contributed by atoms with Crippen LogP contribution < -0.4 is 5.32 Å². The average Bonchev–Trinajstić information content (AvgIpc) is 2.30. The molecule has 94 valence electrons. The van der Waals surface area contributed by atoms with E-state index < -0.39 is 23.2 Å². The molecule has 0 radical (unpaired) electrons. The molecule has 0 bridgehead atoms. The molecule has 6 heteroatoms. The van der Waals surface area contributed by atoms with Crippen LogP contribution in [0.1, 0.15) is 17.3 Å². The Kier molecular flexibility index (Phi) is 4.39. The monoisotopic (exact) mass is 245 g/mol. The van der Waals surface area contributed by atoms with Gasteiger partial charge < -0.3 is 15.5 Å². The van der Waals surface area contributed by atoms with Gasteiger partial charge in [0.25, 0.3) is 0 Å². The number of aliphatic hydroxyl groups excluding tert-OH is 1. The predicted octanol–water partition coefficient (Wildman–Crippen LogP) is 1.70. The van der Waals surface area contributed by atoms with Gasteiger partial charge in [-0.2, -0.15) is 0 Å². The van der Waals surface area contributed by atoms with Crippen molar-refractivity contribution in [2.45, 2.75) is 6.92 Å². The van der Waals surface area contributed by atoms with Gasteiger partial charge in [0.2, 0.25) is 0 Å². The number of carboxylic acids is 1. The number of benzene rings is 1. The van der Waals surface area contributed by atoms with E-state index in [1.807, 2.05) is 0 Å². The molecule has 0 aliphatic heterocycles. The molecule has 0 heterocycles. The van der Waals surface area contributed by atoms with Gasteiger partial charge in [-0.3, -0.25) is 0 Å². The summed E-state index contributed by atoms with van der Waals surface area (Å²) in [5.41, 5.74) is -0.823. The number of halogens is 2. The lowest BCUT2D eigenvalue weighted by atomic mass is 10.1. The standard InChI is InChI=1S/C11H13F2NO3/c1-6(5-15)4-14-8-3-2-7(11(16)17)9(12)10(8)13/h2-3,6,14-15H,4-5H2,1H3,(H,16,17). The van der Waals surface area contributed by atoms with Gasteiger partial charge in [0.1, 0.15) is 0 Å². The van der Waals surface area contributed by atoms with Gasteiger partial charge in [0.15, 0.2) is 11.6 Å². The quantitative estimate of drug-likeness (QED) is 0.738. The fraction of sp³-hybridized carbons (Fsp3) is 0.364. The number of hydrogen-bond donors (Lipinski definition) is 3. The zero-order chi connectivity index (χ0) is 13.0. The van der Waals surface area contributed by atoms with Gasteiger partial charge in [-0.1, -0.05) is 6.92 Å². The molecule has 1 rings (SSSR count). The maximum Gasteiger partial charge on any atom is 0.338 e. The topological polar surface area (TPSA) is 69.6 Å². The van der Waals surface area contributed by atoms with Crippen molar-refractivity contribution in [2.24, 2.45) is 5.92 Å². The first-order valence-corrected chi connectivity index (χ1v) is 5.03. The molecule has 0 aliphatic rings. The molecule has 17 heavy (non-hydrogen) atoms. The van der Waals surface area contributed by atoms with Crippen LogP contribution in [-0.4, -0.2) is 29.3 Å². The Balaban J connectivity index is 2.89. The van der Waals surface area contributed by atoms with Crippen molar-refractivity contribution in [1.29, 1.82) is 0 Å². The Labute approximate surface area is 96.9 Å². The summed E-state index contributed by atoms with van der Waals surface area (Å²) in [6.07, 6.45) is 0. The third kappa shape index (κ3) is 3.13. The van der Waals surface area contributed by atoms with Crippen molar-refractivity contribution in [3.63, 3.8) is 0 Å². The number of nitrogens with one attached hydrogen (secondary N) is 1. The second-order valence-corrected chi connectivity index (χ2v) is 3.76. The van der Waals surface area contributed by atoms with E-state index in [1.54, 1.807) is 6.92 Å². The van der Waals surface area contributed by atoms with Crippen LogP contribution in [-0.2, 0) is 0 Å². The fourth-order valence-corrected chi connectivity index (χ4v) is 1.20. The Morgan fingerprint density at radius 1 is 1.41 bits per heavy atom. The van der Waals surface area contributed by atoms with E-state index in [2.05, 4.69) is 5.32 Å². The summed E-state index contributed by atoms with van der Waals surface area (Å²) in [5, 5.41) is 19.9. The van der Waals surface area contributed by atoms with E-state index in [0.717, 1.165) is 12.1 Å². The fourth-order valence-electron chi connectivity index (χ4n) is 1.20. The van der Waals surface area contributed by atoms with Gasteiger partial charge in [-0.05, 0) is 18.1 Å². The van der Waals surface area contributed by atoms with Crippen molar-refractivity contribution in [1.82, 2.24) is 0 Å². The molecule has 1 atom stereocenters. The largest absolute Gasteiger partial charge is 0.478 e. The zero-order valence-electron chi connectivity index (χ0n) is 9.20. The van der Waals surface area contributed by atoms with E-state index >= 15 is 0 Å². The number of rotatable bonds is 5. The molecule has 0 saturated carbocycles. The van der Waals surface area contributed by atoms with Crippen molar-refractivity contribution in [2.75, 3.05) is 18.5 Å². The van der Waals surface area contributed by atoms with Crippen LogP contribution in [0.25, 0.3) is 0 Å². The van der Waals surface area contributed by atoms with Gasteiger partial charge >= 0.3 is 5.97 Å². The number of anilines is 1. The van der Waals surface area contributed by atoms with E-state index in [4.69, 9.17) is 10.2 Å². The molecule has 0 fully saturated rings. The molecule has 0 aliphatic carbocycles. The number of aliphatic hydroxyl groups is 1. The SMILES string of the molecule is CC(CO)CNc1ccc(C(=O)O)c(F)c1F. The summed E-state index contributed by atoms with van der Waals surface area (Å²) in [5.74, 6) is -4.25. The van der Waals surface area contributed by atoms with Gasteiger partial charge in [-0.25, -0.2) is 13.6 Å². The van der Waals surface area contributed by atoms with Crippen molar-refractivity contribution in [3.05, 3.63) is 29.3 Å². The first-order valence-electron chi connectivity index (χ1n) is 5.03. The minimum Gasteiger partial charge on any atom is -0.478 e. The molecule has 1 aromatic carbocycles. The predicted molar refractivity (Wildman–Crippen MR) is 58.1 cm³/mol. The number of carboxylic acid groups (broad SMARTS) is 1. The molecule has 0 aromatic heterocycles. The van der Waals surface area contributed by atoms with Crippen LogP contribution in [0, 0.1) is 17.6 Å². The smallest absolute Gasteiger partial charge is 0.338 e. The maximum atomic E-state index is 13.4. The highest BCUT2D eigenvalue weighted by atomic mass is 19.2. The highest BCUT2D eigenvalue weighted by Gasteiger charge is 2.17. The summed E-state index contributed by atoms with van der Waals surface area (Å²) in [4.78, 5) is 10.5. The van der Waals surface area contributed by atoms with Crippen LogP contribution in [0.15, 0.2) is 12.1 Å². The number of carbonyl (C=O) groups is 1. The number of hydrogen-bond acceptors (Lipinski definition) is 3. The summed E-state index contributed by atoms with van der Waals surface area (Å²) in [7, 11) is 0. The highest BCUT2D eigenvalue weighted by Crippen LogP contribution is 2.20. The van der Waals surface area contributed by atoms with E-state index in [-0.39, 0.29) is 24.8 Å². The second kappa shape index (κ2) is 5.58. The lowest BCUT2D eigenvalue weighted by molar-refractivity contribution is 0.0690. The second-order valence-electron chi connectivity index (χ2n) is 3.76. The van der Waals surface area contributed by atoms with E-state index in [9.17, 15) is 13.6 Å². The lowest BCUT2D eigenvalue weighted by Crippen LogP contribution is -2.16. The van der Waals surface area contributed by atoms with Crippen LogP contribution in [0.3, 0.4) is 0 Å². The van der Waals surface area contributed by atoms with E-state index in [1.165, 1.54) is 0 Å². The minimum atomic E-state index is -1.52. The van der Waals surface area contributed by atoms with Crippen molar-refractivity contribution >= 4 is 11.7 Å². The molecule has 1 aromatic rings. The Morgan fingerprint density at radius 3 is 2.59 bits per heavy atom. The summed E-state index contributed by atoms with van der Waals surface area (Å²) in [6, 6.07) is 2.15. The summed E-state index contributed by atoms with van der Waals surface area (Å²) in [6.45, 7) is 1.91. The maximum absolute atomic E-state index is 13.4. The third-order valence-electron chi connectivity index (χ3n) is 2.27. The lowest BCUT2D eigenvalue weighted by Gasteiger charge is -2.12. The van der Waals surface area contributed by atoms with Gasteiger partial charge in [0, 0.05) is 13.2 Å². The molecular formula is C11H13F2NO3. The molecule has 1 unspecified atom stereocenters. The van der Waals surface area contributed by atoms with Gasteiger partial charge in [-0.15, -0.1) is 0 Å². The average molecular weight is 245 g/mol. The number of aromatic carboxylic acids is 1. The molecule has 0 amide bonds. The van der Waals surface area contributed by atoms with E-state index in [0.29, 0.717) is 0 Å². The Hall–Kier alpha value is -1.69. The Morgan fingerprint density at radius 2 is 2.06 bits per heavy atom. The van der Waals surface area contributed by atoms with Crippen molar-refractivity contribution < 1.29 is 23.8 Å². The minimum absolute atomic E-state index is 0.0791. The van der Waals surface area contributed by atoms with Crippen LogP contribution in [0.4, 0.5) is 14.5 Å². The molecular weight excluding hydrogens is 232 g/mol. The summed E-state index contributed by atoms with van der Waals surface area (Å²) >= 11 is 0. The first kappa shape index (κ1) is 13.4. The third-order valence-corrected chi connectivity index (χ3v) is 2.27. The highest BCUT2D eigenvalue weighted by molar-refractivity contribution is 5.88. The first-order chi connectivity index (χ1) is 7.97. The molecule has 3 N–H and O–H groups in total. The normalized spacial score (nSPS) is 12.2. The van der Waals surface area contributed by atoms with Gasteiger partial charge in [0.05, 0.1) is 11.3 Å². The van der Waals surface area contributed by atoms with Crippen LogP contribution >= 0.6 is 0 Å². The van der Waals surface area contributed by atoms with Crippen LogP contribution in [0.5, 0.6) is 0 Å². The molecule has 4 nitrogen and oxygen atoms in total.